The summed E-state index contributed by atoms with van der Waals surface area (Å²) in [6, 6.07) is 1.09. The molecule has 78 valence electrons. The Morgan fingerprint density at radius 3 is 2.71 bits per heavy atom. The van der Waals surface area contributed by atoms with Gasteiger partial charge in [0, 0.05) is 18.2 Å². The normalized spacial score (nSPS) is 10.3. The highest BCUT2D eigenvalue weighted by Crippen LogP contribution is 2.38. The summed E-state index contributed by atoms with van der Waals surface area (Å²) in [5.74, 6) is -0.603. The molecule has 0 aliphatic carbocycles. The minimum absolute atomic E-state index is 0.0658. The van der Waals surface area contributed by atoms with Gasteiger partial charge in [0.25, 0.3) is 0 Å². The molecule has 0 aromatic heterocycles. The van der Waals surface area contributed by atoms with Crippen molar-refractivity contribution in [1.82, 2.24) is 0 Å². The molecule has 0 heterocycles. The Hall–Kier alpha value is -0.810. The number of aliphatic hydroxyl groups is 1. The molecule has 0 bridgehead atoms. The van der Waals surface area contributed by atoms with Crippen molar-refractivity contribution in [1.29, 1.82) is 0 Å². The van der Waals surface area contributed by atoms with Crippen LogP contribution in [0.2, 0.25) is 0 Å². The van der Waals surface area contributed by atoms with Crippen LogP contribution in [0.25, 0.3) is 0 Å². The van der Waals surface area contributed by atoms with Gasteiger partial charge in [-0.25, -0.2) is 4.39 Å². The van der Waals surface area contributed by atoms with Crippen molar-refractivity contribution >= 4 is 15.9 Å². The lowest BCUT2D eigenvalue weighted by Crippen LogP contribution is -1.98. The Morgan fingerprint density at radius 1 is 1.57 bits per heavy atom. The van der Waals surface area contributed by atoms with E-state index in [-0.39, 0.29) is 34.6 Å². The van der Waals surface area contributed by atoms with E-state index in [9.17, 15) is 9.50 Å². The fourth-order valence-electron chi connectivity index (χ4n) is 1.12. The maximum absolute atomic E-state index is 13.3. The summed E-state index contributed by atoms with van der Waals surface area (Å²) in [5, 5.41) is 18.2. The minimum atomic E-state index is -0.513. The molecule has 0 unspecified atom stereocenters. The maximum atomic E-state index is 13.3. The summed E-state index contributed by atoms with van der Waals surface area (Å²) in [5.41, 5.74) is 0.241. The Kier molecular flexibility index (Phi) is 3.71. The van der Waals surface area contributed by atoms with Gasteiger partial charge >= 0.3 is 0 Å². The van der Waals surface area contributed by atoms with Crippen molar-refractivity contribution in [3.05, 3.63) is 21.9 Å². The van der Waals surface area contributed by atoms with E-state index in [2.05, 4.69) is 15.9 Å². The highest BCUT2D eigenvalue weighted by atomic mass is 79.9. The Morgan fingerprint density at radius 2 is 2.21 bits per heavy atom. The molecular weight excluding hydrogens is 255 g/mol. The molecule has 0 atom stereocenters. The van der Waals surface area contributed by atoms with Gasteiger partial charge in [0.1, 0.15) is 5.82 Å². The van der Waals surface area contributed by atoms with Gasteiger partial charge < -0.3 is 14.9 Å². The molecule has 14 heavy (non-hydrogen) atoms. The van der Waals surface area contributed by atoms with Crippen molar-refractivity contribution in [2.75, 3.05) is 13.7 Å². The summed E-state index contributed by atoms with van der Waals surface area (Å²) in [6.07, 6.45) is 0.143. The zero-order valence-electron chi connectivity index (χ0n) is 7.55. The Bertz CT molecular complexity index is 341. The lowest BCUT2D eigenvalue weighted by atomic mass is 10.1. The number of hydrogen-bond donors (Lipinski definition) is 2. The fraction of sp³-hybridized carbons (Fsp3) is 0.333. The first-order valence-corrected chi connectivity index (χ1v) is 4.75. The van der Waals surface area contributed by atoms with Crippen molar-refractivity contribution < 1.29 is 19.3 Å². The maximum Gasteiger partial charge on any atom is 0.172 e. The number of phenols is 1. The van der Waals surface area contributed by atoms with Crippen LogP contribution in [0.1, 0.15) is 5.56 Å². The molecule has 0 spiro atoms. The van der Waals surface area contributed by atoms with Crippen LogP contribution in [0.5, 0.6) is 11.5 Å². The molecule has 0 fully saturated rings. The van der Waals surface area contributed by atoms with E-state index in [1.54, 1.807) is 0 Å². The smallest absolute Gasteiger partial charge is 0.172 e. The molecule has 0 aliphatic heterocycles. The molecule has 0 saturated heterocycles. The number of aliphatic hydroxyl groups excluding tert-OH is 1. The van der Waals surface area contributed by atoms with E-state index < -0.39 is 5.82 Å². The van der Waals surface area contributed by atoms with Gasteiger partial charge in [0.2, 0.25) is 0 Å². The second-order valence-corrected chi connectivity index (χ2v) is 3.47. The van der Waals surface area contributed by atoms with Gasteiger partial charge in [0.15, 0.2) is 11.5 Å². The van der Waals surface area contributed by atoms with Crippen LogP contribution in [0.4, 0.5) is 4.39 Å². The number of aromatic hydroxyl groups is 1. The summed E-state index contributed by atoms with van der Waals surface area (Å²) >= 11 is 3.04. The summed E-state index contributed by atoms with van der Waals surface area (Å²) < 4.78 is 18.3. The largest absolute Gasteiger partial charge is 0.503 e. The number of halogens is 2. The van der Waals surface area contributed by atoms with Crippen molar-refractivity contribution in [2.45, 2.75) is 6.42 Å². The third kappa shape index (κ3) is 1.99. The minimum Gasteiger partial charge on any atom is -0.503 e. The van der Waals surface area contributed by atoms with E-state index >= 15 is 0 Å². The number of hydrogen-bond acceptors (Lipinski definition) is 3. The number of benzene rings is 1. The van der Waals surface area contributed by atoms with Crippen LogP contribution in [-0.4, -0.2) is 23.9 Å². The molecule has 1 aromatic carbocycles. The zero-order chi connectivity index (χ0) is 10.7. The lowest BCUT2D eigenvalue weighted by Gasteiger charge is -2.10. The average Bonchev–Trinajstić information content (AvgIpc) is 2.18. The highest BCUT2D eigenvalue weighted by Gasteiger charge is 2.15. The quantitative estimate of drug-likeness (QED) is 0.876. The van der Waals surface area contributed by atoms with Gasteiger partial charge in [-0.1, -0.05) is 0 Å². The van der Waals surface area contributed by atoms with Crippen LogP contribution in [0, 0.1) is 5.82 Å². The molecule has 0 radical (unpaired) electrons. The number of phenolic OH excluding ortho intramolecular Hbond substituents is 1. The number of methoxy groups -OCH3 is 1. The second-order valence-electron chi connectivity index (χ2n) is 2.68. The highest BCUT2D eigenvalue weighted by molar-refractivity contribution is 9.10. The average molecular weight is 265 g/mol. The molecular formula is C9H10BrFO3. The lowest BCUT2D eigenvalue weighted by molar-refractivity contribution is 0.296. The number of rotatable bonds is 3. The first-order chi connectivity index (χ1) is 6.61. The van der Waals surface area contributed by atoms with E-state index in [0.29, 0.717) is 0 Å². The molecule has 0 amide bonds. The second kappa shape index (κ2) is 4.61. The first-order valence-electron chi connectivity index (χ1n) is 3.96. The topological polar surface area (TPSA) is 49.7 Å². The van der Waals surface area contributed by atoms with Gasteiger partial charge in [-0.05, 0) is 22.4 Å². The SMILES string of the molecule is COc1cc(F)c(CCO)c(Br)c1O. The monoisotopic (exact) mass is 264 g/mol. The van der Waals surface area contributed by atoms with Gasteiger partial charge in [-0.3, -0.25) is 0 Å². The molecule has 1 aromatic rings. The molecule has 2 N–H and O–H groups in total. The van der Waals surface area contributed by atoms with Crippen LogP contribution in [0.15, 0.2) is 10.5 Å². The van der Waals surface area contributed by atoms with Gasteiger partial charge in [-0.2, -0.15) is 0 Å². The Balaban J connectivity index is 3.26. The molecule has 3 nitrogen and oxygen atoms in total. The zero-order valence-corrected chi connectivity index (χ0v) is 9.14. The standard InChI is InChI=1S/C9H10BrFO3/c1-14-7-4-6(11)5(2-3-12)8(10)9(7)13/h4,12-13H,2-3H2,1H3. The van der Waals surface area contributed by atoms with Gasteiger partial charge in [-0.15, -0.1) is 0 Å². The fourth-order valence-corrected chi connectivity index (χ4v) is 1.71. The summed E-state index contributed by atoms with van der Waals surface area (Å²) in [7, 11) is 1.34. The predicted octanol–water partition coefficient (Wildman–Crippen LogP) is 1.84. The predicted molar refractivity (Wildman–Crippen MR) is 53.1 cm³/mol. The van der Waals surface area contributed by atoms with Crippen LogP contribution in [0.3, 0.4) is 0 Å². The molecule has 0 saturated carbocycles. The van der Waals surface area contributed by atoms with Crippen LogP contribution in [-0.2, 0) is 6.42 Å². The van der Waals surface area contributed by atoms with E-state index in [0.717, 1.165) is 6.07 Å². The molecule has 1 rings (SSSR count). The van der Waals surface area contributed by atoms with E-state index in [4.69, 9.17) is 9.84 Å². The molecule has 5 heteroatoms. The van der Waals surface area contributed by atoms with Crippen molar-refractivity contribution in [3.8, 4) is 11.5 Å². The Labute approximate surface area is 89.3 Å². The van der Waals surface area contributed by atoms with Crippen molar-refractivity contribution in [3.63, 3.8) is 0 Å². The summed E-state index contributed by atoms with van der Waals surface area (Å²) in [4.78, 5) is 0. The van der Waals surface area contributed by atoms with Gasteiger partial charge in [0.05, 0.1) is 11.6 Å². The van der Waals surface area contributed by atoms with Crippen LogP contribution < -0.4 is 4.74 Å². The van der Waals surface area contributed by atoms with E-state index in [1.165, 1.54) is 7.11 Å². The van der Waals surface area contributed by atoms with Crippen molar-refractivity contribution in [2.24, 2.45) is 0 Å². The van der Waals surface area contributed by atoms with Crippen LogP contribution >= 0.6 is 15.9 Å². The first kappa shape index (κ1) is 11.3. The molecule has 0 aliphatic rings. The van der Waals surface area contributed by atoms with E-state index in [1.807, 2.05) is 0 Å². The third-order valence-electron chi connectivity index (χ3n) is 1.83. The summed E-state index contributed by atoms with van der Waals surface area (Å²) in [6.45, 7) is -0.179. The third-order valence-corrected chi connectivity index (χ3v) is 2.69. The number of ether oxygens (including phenoxy) is 1.